The monoisotopic (exact) mass is 447 g/mol. The van der Waals surface area contributed by atoms with E-state index in [2.05, 4.69) is 20.1 Å². The third-order valence-corrected chi connectivity index (χ3v) is 7.00. The van der Waals surface area contributed by atoms with Gasteiger partial charge in [-0.3, -0.25) is 19.1 Å². The fourth-order valence-corrected chi connectivity index (χ4v) is 4.93. The second-order valence-electron chi connectivity index (χ2n) is 8.75. The predicted molar refractivity (Wildman–Crippen MR) is 125 cm³/mol. The number of nitrogens with zero attached hydrogens (tertiary/aromatic N) is 4. The Morgan fingerprint density at radius 2 is 1.78 bits per heavy atom. The van der Waals surface area contributed by atoms with Gasteiger partial charge >= 0.3 is 0 Å². The Hall–Kier alpha value is -3.13. The summed E-state index contributed by atoms with van der Waals surface area (Å²) in [6.07, 6.45) is 2.22. The van der Waals surface area contributed by atoms with E-state index in [0.29, 0.717) is 22.4 Å². The molecule has 5 rings (SSSR count). The molecule has 0 unspecified atom stereocenters. The van der Waals surface area contributed by atoms with Crippen molar-refractivity contribution in [2.45, 2.75) is 55.5 Å². The largest absolute Gasteiger partial charge is 0.322 e. The van der Waals surface area contributed by atoms with Crippen LogP contribution in [0.3, 0.4) is 0 Å². The second kappa shape index (κ2) is 7.78. The van der Waals surface area contributed by atoms with Gasteiger partial charge in [-0.2, -0.15) is 0 Å². The van der Waals surface area contributed by atoms with Gasteiger partial charge in [0.1, 0.15) is 11.4 Å². The number of rotatable bonds is 5. The molecule has 2 amide bonds. The quantitative estimate of drug-likeness (QED) is 0.587. The van der Waals surface area contributed by atoms with E-state index in [1.54, 1.807) is 18.7 Å². The lowest BCUT2D eigenvalue weighted by molar-refractivity contribution is -0.126. The van der Waals surface area contributed by atoms with Crippen LogP contribution in [0.2, 0.25) is 0 Å². The second-order valence-corrected chi connectivity index (χ2v) is 10.1. The molecule has 1 fully saturated rings. The summed E-state index contributed by atoms with van der Waals surface area (Å²) in [6, 6.07) is 17.4. The summed E-state index contributed by atoms with van der Waals surface area (Å²) in [5.41, 5.74) is 1.33. The van der Waals surface area contributed by atoms with E-state index in [9.17, 15) is 9.59 Å². The zero-order chi connectivity index (χ0) is 22.5. The SMILES string of the molecule is C[C@@H](Sc1nnc(C2CC2)n1-c1ccccc1)C(=O)N1c2ccccc2NC(=O)C1(C)C. The molecule has 0 bridgehead atoms. The maximum absolute atomic E-state index is 13.7. The predicted octanol–water partition coefficient (Wildman–Crippen LogP) is 4.39. The number of thioether (sulfide) groups is 1. The van der Waals surface area contributed by atoms with Crippen molar-refractivity contribution in [1.82, 2.24) is 14.8 Å². The van der Waals surface area contributed by atoms with Crippen LogP contribution in [0.5, 0.6) is 0 Å². The number of hydrogen-bond acceptors (Lipinski definition) is 5. The van der Waals surface area contributed by atoms with E-state index in [1.165, 1.54) is 11.8 Å². The van der Waals surface area contributed by atoms with E-state index >= 15 is 0 Å². The van der Waals surface area contributed by atoms with Crippen LogP contribution in [-0.2, 0) is 9.59 Å². The fourth-order valence-electron chi connectivity index (χ4n) is 4.02. The average Bonchev–Trinajstić information content (AvgIpc) is 3.55. The summed E-state index contributed by atoms with van der Waals surface area (Å²) < 4.78 is 2.06. The van der Waals surface area contributed by atoms with Gasteiger partial charge in [0.25, 0.3) is 0 Å². The van der Waals surface area contributed by atoms with Gasteiger partial charge in [-0.1, -0.05) is 42.1 Å². The van der Waals surface area contributed by atoms with Crippen molar-refractivity contribution in [1.29, 1.82) is 0 Å². The van der Waals surface area contributed by atoms with Gasteiger partial charge in [0.15, 0.2) is 5.16 Å². The molecule has 2 heterocycles. The van der Waals surface area contributed by atoms with Crippen molar-refractivity contribution in [2.75, 3.05) is 10.2 Å². The third kappa shape index (κ3) is 3.48. The van der Waals surface area contributed by atoms with E-state index < -0.39 is 10.8 Å². The van der Waals surface area contributed by atoms with Crippen molar-refractivity contribution in [3.05, 3.63) is 60.4 Å². The van der Waals surface area contributed by atoms with Gasteiger partial charge in [-0.05, 0) is 57.9 Å². The molecule has 1 saturated carbocycles. The summed E-state index contributed by atoms with van der Waals surface area (Å²) in [4.78, 5) is 28.1. The molecule has 2 aromatic carbocycles. The first-order valence-electron chi connectivity index (χ1n) is 10.8. The summed E-state index contributed by atoms with van der Waals surface area (Å²) in [7, 11) is 0. The van der Waals surface area contributed by atoms with Crippen LogP contribution >= 0.6 is 11.8 Å². The van der Waals surface area contributed by atoms with Crippen LogP contribution < -0.4 is 10.2 Å². The molecule has 1 aliphatic carbocycles. The van der Waals surface area contributed by atoms with Crippen molar-refractivity contribution < 1.29 is 9.59 Å². The van der Waals surface area contributed by atoms with Crippen molar-refractivity contribution in [3.8, 4) is 5.69 Å². The van der Waals surface area contributed by atoms with Crippen LogP contribution in [0.25, 0.3) is 5.69 Å². The number of fused-ring (bicyclic) bond motifs is 1. The molecule has 0 saturated heterocycles. The van der Waals surface area contributed by atoms with Crippen LogP contribution in [0.4, 0.5) is 11.4 Å². The van der Waals surface area contributed by atoms with Gasteiger partial charge in [0.2, 0.25) is 11.8 Å². The first-order valence-corrected chi connectivity index (χ1v) is 11.7. The highest BCUT2D eigenvalue weighted by Crippen LogP contribution is 2.42. The maximum atomic E-state index is 13.7. The number of amides is 2. The fraction of sp³-hybridized carbons (Fsp3) is 0.333. The molecule has 1 aromatic heterocycles. The lowest BCUT2D eigenvalue weighted by Crippen LogP contribution is -2.60. The molecular weight excluding hydrogens is 422 g/mol. The zero-order valence-corrected chi connectivity index (χ0v) is 19.1. The smallest absolute Gasteiger partial charge is 0.250 e. The summed E-state index contributed by atoms with van der Waals surface area (Å²) in [6.45, 7) is 5.40. The Morgan fingerprint density at radius 3 is 2.50 bits per heavy atom. The topological polar surface area (TPSA) is 80.1 Å². The van der Waals surface area contributed by atoms with Crippen LogP contribution in [-0.4, -0.2) is 37.4 Å². The Labute approximate surface area is 191 Å². The minimum atomic E-state index is -1.01. The van der Waals surface area contributed by atoms with Crippen LogP contribution in [0.15, 0.2) is 59.8 Å². The first-order chi connectivity index (χ1) is 15.4. The van der Waals surface area contributed by atoms with E-state index in [4.69, 9.17) is 0 Å². The van der Waals surface area contributed by atoms with E-state index in [-0.39, 0.29) is 11.8 Å². The highest BCUT2D eigenvalue weighted by molar-refractivity contribution is 8.00. The molecule has 1 aliphatic heterocycles. The van der Waals surface area contributed by atoms with Gasteiger partial charge < -0.3 is 5.32 Å². The van der Waals surface area contributed by atoms with Crippen molar-refractivity contribution in [2.24, 2.45) is 0 Å². The molecule has 3 aromatic rings. The minimum Gasteiger partial charge on any atom is -0.322 e. The van der Waals surface area contributed by atoms with Crippen LogP contribution in [0, 0.1) is 0 Å². The Bertz CT molecular complexity index is 1190. The lowest BCUT2D eigenvalue weighted by Gasteiger charge is -2.43. The molecule has 32 heavy (non-hydrogen) atoms. The number of hydrogen-bond donors (Lipinski definition) is 1. The first kappa shape index (κ1) is 20.8. The molecule has 1 N–H and O–H groups in total. The molecule has 164 valence electrons. The maximum Gasteiger partial charge on any atom is 0.250 e. The van der Waals surface area contributed by atoms with Gasteiger partial charge in [0.05, 0.1) is 16.6 Å². The number of anilines is 2. The highest BCUT2D eigenvalue weighted by Gasteiger charge is 2.45. The summed E-state index contributed by atoms with van der Waals surface area (Å²) >= 11 is 1.38. The zero-order valence-electron chi connectivity index (χ0n) is 18.3. The van der Waals surface area contributed by atoms with Gasteiger partial charge in [-0.25, -0.2) is 0 Å². The van der Waals surface area contributed by atoms with E-state index in [1.807, 2.05) is 61.5 Å². The molecule has 8 heteroatoms. The molecule has 1 atom stereocenters. The normalized spacial score (nSPS) is 18.1. The summed E-state index contributed by atoms with van der Waals surface area (Å²) in [5, 5.41) is 12.0. The Kier molecular flexibility index (Phi) is 5.04. The number of benzene rings is 2. The molecule has 2 aliphatic rings. The Morgan fingerprint density at radius 1 is 1.09 bits per heavy atom. The lowest BCUT2D eigenvalue weighted by atomic mass is 9.96. The Balaban J connectivity index is 1.48. The third-order valence-electron chi connectivity index (χ3n) is 5.97. The van der Waals surface area contributed by atoms with Crippen LogP contribution in [0.1, 0.15) is 45.4 Å². The van der Waals surface area contributed by atoms with Gasteiger partial charge in [-0.15, -0.1) is 10.2 Å². The average molecular weight is 448 g/mol. The number of aromatic nitrogens is 3. The molecule has 0 spiro atoms. The van der Waals surface area contributed by atoms with E-state index in [0.717, 1.165) is 24.4 Å². The number of carbonyl (C=O) groups is 2. The molecule has 0 radical (unpaired) electrons. The number of carbonyl (C=O) groups excluding carboxylic acids is 2. The summed E-state index contributed by atoms with van der Waals surface area (Å²) in [5.74, 6) is 1.02. The van der Waals surface area contributed by atoms with Crippen molar-refractivity contribution >= 4 is 35.0 Å². The molecule has 7 nitrogen and oxygen atoms in total. The minimum absolute atomic E-state index is 0.141. The van der Waals surface area contributed by atoms with Gasteiger partial charge in [0, 0.05) is 11.6 Å². The molecular formula is C24H25N5O2S. The highest BCUT2D eigenvalue weighted by atomic mass is 32.2. The standard InChI is InChI=1S/C24H25N5O2S/c1-15(21(30)29-19-12-8-7-11-18(19)25-22(31)24(29,2)3)32-23-27-26-20(16-13-14-16)28(23)17-9-5-4-6-10-17/h4-12,15-16H,13-14H2,1-3H3,(H,25,31)/t15-/m1/s1. The number of para-hydroxylation sites is 3. The number of nitrogens with one attached hydrogen (secondary N) is 1. The van der Waals surface area contributed by atoms with Crippen molar-refractivity contribution in [3.63, 3.8) is 0 Å².